The Bertz CT molecular complexity index is 962. The Morgan fingerprint density at radius 3 is 2.56 bits per heavy atom. The smallest absolute Gasteiger partial charge is 0.227 e. The summed E-state index contributed by atoms with van der Waals surface area (Å²) in [7, 11) is 0. The van der Waals surface area contributed by atoms with Crippen LogP contribution in [0.25, 0.3) is 0 Å². The zero-order valence-electron chi connectivity index (χ0n) is 20.1. The molecule has 0 spiro atoms. The highest BCUT2D eigenvalue weighted by molar-refractivity contribution is 6.30. The van der Waals surface area contributed by atoms with Gasteiger partial charge in [0.25, 0.3) is 0 Å². The van der Waals surface area contributed by atoms with Crippen molar-refractivity contribution in [3.8, 4) is 5.75 Å². The fourth-order valence-electron chi connectivity index (χ4n) is 5.12. The predicted octanol–water partition coefficient (Wildman–Crippen LogP) is 5.00. The molecule has 1 saturated heterocycles. The molecule has 1 saturated carbocycles. The van der Waals surface area contributed by atoms with Crippen LogP contribution in [0.3, 0.4) is 0 Å². The molecule has 0 radical (unpaired) electrons. The molecule has 1 aromatic carbocycles. The van der Waals surface area contributed by atoms with Gasteiger partial charge in [0, 0.05) is 32.2 Å². The van der Waals surface area contributed by atoms with E-state index in [2.05, 4.69) is 14.9 Å². The number of aromatic nitrogens is 2. The SMILES string of the molecule is CCN(CC)C(=O)Cc1ccc(OCC[C@@H]2C[C@@H]2C2CCN(c3ncc(Cl)cn3)CC2)cc1F. The van der Waals surface area contributed by atoms with Gasteiger partial charge in [0.15, 0.2) is 0 Å². The molecule has 184 valence electrons. The van der Waals surface area contributed by atoms with E-state index in [0.29, 0.717) is 41.9 Å². The Morgan fingerprint density at radius 2 is 1.91 bits per heavy atom. The summed E-state index contributed by atoms with van der Waals surface area (Å²) < 4.78 is 20.3. The van der Waals surface area contributed by atoms with Gasteiger partial charge >= 0.3 is 0 Å². The second-order valence-electron chi connectivity index (χ2n) is 9.32. The number of rotatable bonds is 10. The predicted molar refractivity (Wildman–Crippen MR) is 132 cm³/mol. The zero-order valence-corrected chi connectivity index (χ0v) is 20.8. The number of nitrogens with zero attached hydrogens (tertiary/aromatic N) is 4. The van der Waals surface area contributed by atoms with Crippen LogP contribution >= 0.6 is 11.6 Å². The van der Waals surface area contributed by atoms with Crippen LogP contribution in [0.2, 0.25) is 5.02 Å². The van der Waals surface area contributed by atoms with E-state index in [9.17, 15) is 9.18 Å². The van der Waals surface area contributed by atoms with E-state index in [1.54, 1.807) is 29.4 Å². The van der Waals surface area contributed by atoms with Crippen LogP contribution < -0.4 is 9.64 Å². The standard InChI is InChI=1S/C26H34ClFN4O2/c1-3-31(4-2)25(33)14-20-5-6-22(15-24(20)28)34-12-9-19-13-23(19)18-7-10-32(11-8-18)26-29-16-21(27)17-30-26/h5-6,15-19,23H,3-4,7-14H2,1-2H3/t19-,23-/m1/s1. The van der Waals surface area contributed by atoms with Gasteiger partial charge < -0.3 is 14.5 Å². The lowest BCUT2D eigenvalue weighted by molar-refractivity contribution is -0.130. The van der Waals surface area contributed by atoms with Gasteiger partial charge in [-0.3, -0.25) is 4.79 Å². The number of carbonyl (C=O) groups is 1. The number of hydrogen-bond donors (Lipinski definition) is 0. The maximum atomic E-state index is 14.5. The molecule has 2 fully saturated rings. The van der Waals surface area contributed by atoms with Crippen LogP contribution in [0.1, 0.15) is 45.1 Å². The van der Waals surface area contributed by atoms with Crippen LogP contribution in [0.15, 0.2) is 30.6 Å². The van der Waals surface area contributed by atoms with Crippen molar-refractivity contribution in [3.05, 3.63) is 47.0 Å². The molecule has 8 heteroatoms. The highest BCUT2D eigenvalue weighted by Gasteiger charge is 2.43. The highest BCUT2D eigenvalue weighted by Crippen LogP contribution is 2.49. The molecule has 2 heterocycles. The Balaban J connectivity index is 1.17. The van der Waals surface area contributed by atoms with Crippen molar-refractivity contribution >= 4 is 23.5 Å². The van der Waals surface area contributed by atoms with E-state index in [0.717, 1.165) is 50.1 Å². The lowest BCUT2D eigenvalue weighted by Crippen LogP contribution is -2.35. The second kappa shape index (κ2) is 11.3. The first kappa shape index (κ1) is 24.7. The monoisotopic (exact) mass is 488 g/mol. The molecule has 2 aliphatic rings. The minimum Gasteiger partial charge on any atom is -0.493 e. The van der Waals surface area contributed by atoms with Gasteiger partial charge in [-0.05, 0) is 68.9 Å². The first-order valence-electron chi connectivity index (χ1n) is 12.4. The average Bonchev–Trinajstić information content (AvgIpc) is 3.62. The van der Waals surface area contributed by atoms with Crippen LogP contribution in [0.5, 0.6) is 5.75 Å². The fourth-order valence-corrected chi connectivity index (χ4v) is 5.21. The van der Waals surface area contributed by atoms with E-state index in [-0.39, 0.29) is 18.1 Å². The number of ether oxygens (including phenoxy) is 1. The van der Waals surface area contributed by atoms with E-state index in [4.69, 9.17) is 16.3 Å². The molecular formula is C26H34ClFN4O2. The summed E-state index contributed by atoms with van der Waals surface area (Å²) >= 11 is 5.89. The second-order valence-corrected chi connectivity index (χ2v) is 9.75. The first-order valence-corrected chi connectivity index (χ1v) is 12.8. The van der Waals surface area contributed by atoms with Crippen LogP contribution in [-0.4, -0.2) is 53.6 Å². The number of halogens is 2. The van der Waals surface area contributed by atoms with E-state index in [1.807, 2.05) is 13.8 Å². The third kappa shape index (κ3) is 6.17. The molecule has 2 aromatic rings. The largest absolute Gasteiger partial charge is 0.493 e. The molecular weight excluding hydrogens is 455 g/mol. The van der Waals surface area contributed by atoms with Gasteiger partial charge in [-0.2, -0.15) is 0 Å². The fraction of sp³-hybridized carbons (Fsp3) is 0.577. The van der Waals surface area contributed by atoms with Crippen molar-refractivity contribution in [2.24, 2.45) is 17.8 Å². The zero-order chi connectivity index (χ0) is 24.1. The lowest BCUT2D eigenvalue weighted by atomic mass is 9.90. The number of piperidine rings is 1. The number of anilines is 1. The van der Waals surface area contributed by atoms with Gasteiger partial charge in [-0.15, -0.1) is 0 Å². The number of likely N-dealkylation sites (N-methyl/N-ethyl adjacent to an activating group) is 1. The number of benzene rings is 1. The maximum Gasteiger partial charge on any atom is 0.227 e. The Hall–Kier alpha value is -2.41. The van der Waals surface area contributed by atoms with Crippen molar-refractivity contribution in [3.63, 3.8) is 0 Å². The van der Waals surface area contributed by atoms with Crippen LogP contribution in [-0.2, 0) is 11.2 Å². The van der Waals surface area contributed by atoms with E-state index < -0.39 is 0 Å². The van der Waals surface area contributed by atoms with E-state index >= 15 is 0 Å². The molecule has 1 aliphatic carbocycles. The molecule has 0 N–H and O–H groups in total. The number of hydrogen-bond acceptors (Lipinski definition) is 5. The van der Waals surface area contributed by atoms with Gasteiger partial charge in [0.05, 0.1) is 30.4 Å². The molecule has 34 heavy (non-hydrogen) atoms. The summed E-state index contributed by atoms with van der Waals surface area (Å²) in [4.78, 5) is 24.9. The summed E-state index contributed by atoms with van der Waals surface area (Å²) in [6.07, 6.45) is 7.96. The summed E-state index contributed by atoms with van der Waals surface area (Å²) in [5.41, 5.74) is 0.418. The molecule has 1 amide bonds. The van der Waals surface area contributed by atoms with Crippen molar-refractivity contribution < 1.29 is 13.9 Å². The van der Waals surface area contributed by atoms with Crippen molar-refractivity contribution in [2.45, 2.75) is 46.0 Å². The summed E-state index contributed by atoms with van der Waals surface area (Å²) in [5.74, 6) is 3.07. The Morgan fingerprint density at radius 1 is 1.21 bits per heavy atom. The normalized spacial score (nSPS) is 20.3. The van der Waals surface area contributed by atoms with Gasteiger partial charge in [-0.25, -0.2) is 14.4 Å². The van der Waals surface area contributed by atoms with Crippen LogP contribution in [0, 0.1) is 23.6 Å². The van der Waals surface area contributed by atoms with Crippen LogP contribution in [0.4, 0.5) is 10.3 Å². The Labute approximate surface area is 206 Å². The number of carbonyl (C=O) groups excluding carboxylic acids is 1. The third-order valence-corrected chi connectivity index (χ3v) is 7.45. The highest BCUT2D eigenvalue weighted by atomic mass is 35.5. The molecule has 2 atom stereocenters. The molecule has 0 unspecified atom stereocenters. The van der Waals surface area contributed by atoms with Gasteiger partial charge in [0.2, 0.25) is 11.9 Å². The van der Waals surface area contributed by atoms with Gasteiger partial charge in [-0.1, -0.05) is 17.7 Å². The quantitative estimate of drug-likeness (QED) is 0.471. The van der Waals surface area contributed by atoms with Crippen molar-refractivity contribution in [1.82, 2.24) is 14.9 Å². The van der Waals surface area contributed by atoms with Crippen molar-refractivity contribution in [1.29, 1.82) is 0 Å². The summed E-state index contributed by atoms with van der Waals surface area (Å²) in [5, 5.41) is 0.561. The minimum absolute atomic E-state index is 0.0520. The molecule has 6 nitrogen and oxygen atoms in total. The Kier molecular flexibility index (Phi) is 8.24. The maximum absolute atomic E-state index is 14.5. The first-order chi connectivity index (χ1) is 16.5. The molecule has 1 aliphatic heterocycles. The topological polar surface area (TPSA) is 58.6 Å². The summed E-state index contributed by atoms with van der Waals surface area (Å²) in [6, 6.07) is 4.85. The third-order valence-electron chi connectivity index (χ3n) is 7.25. The van der Waals surface area contributed by atoms with E-state index in [1.165, 1.54) is 12.5 Å². The minimum atomic E-state index is -0.376. The summed E-state index contributed by atoms with van der Waals surface area (Å²) in [6.45, 7) is 7.68. The lowest BCUT2D eigenvalue weighted by Gasteiger charge is -2.32. The van der Waals surface area contributed by atoms with Gasteiger partial charge in [0.1, 0.15) is 11.6 Å². The van der Waals surface area contributed by atoms with Crippen molar-refractivity contribution in [2.75, 3.05) is 37.7 Å². The number of amides is 1. The molecule has 1 aromatic heterocycles. The molecule has 0 bridgehead atoms. The average molecular weight is 489 g/mol. The molecule has 4 rings (SSSR count).